The monoisotopic (exact) mass is 424 g/mol. The average molecular weight is 425 g/mol. The number of anilines is 1. The fourth-order valence-corrected chi connectivity index (χ4v) is 3.53. The molecule has 0 radical (unpaired) electrons. The molecule has 132 valence electrons. The summed E-state index contributed by atoms with van der Waals surface area (Å²) in [5.41, 5.74) is 0.594. The molecule has 0 aliphatic carbocycles. The normalized spacial score (nSPS) is 16.6. The van der Waals surface area contributed by atoms with Crippen LogP contribution in [0.1, 0.15) is 28.2 Å². The molecule has 2 aromatic rings. The lowest BCUT2D eigenvalue weighted by Gasteiger charge is -2.07. The van der Waals surface area contributed by atoms with Gasteiger partial charge in [-0.05, 0) is 31.0 Å². The predicted molar refractivity (Wildman–Crippen MR) is 97.7 cm³/mol. The molecule has 1 saturated heterocycles. The van der Waals surface area contributed by atoms with Gasteiger partial charge in [0, 0.05) is 29.6 Å². The zero-order valence-electron chi connectivity index (χ0n) is 13.3. The highest BCUT2D eigenvalue weighted by atomic mass is 79.9. The number of carbonyl (C=O) groups is 2. The molecule has 1 aromatic carbocycles. The Morgan fingerprint density at radius 1 is 1.36 bits per heavy atom. The maximum Gasteiger partial charge on any atom is 0.255 e. The topological polar surface area (TPSA) is 93.2 Å². The molecule has 0 saturated carbocycles. The van der Waals surface area contributed by atoms with Crippen molar-refractivity contribution in [2.24, 2.45) is 0 Å². The molecular formula is C16H17BrN4O3S. The van der Waals surface area contributed by atoms with Crippen LogP contribution in [0.3, 0.4) is 0 Å². The second kappa shape index (κ2) is 8.50. The number of hydrogen-bond donors (Lipinski definition) is 2. The average Bonchev–Trinajstić information content (AvgIpc) is 3.26. The second-order valence-electron chi connectivity index (χ2n) is 5.51. The molecule has 0 spiro atoms. The molecule has 1 aliphatic heterocycles. The minimum Gasteiger partial charge on any atom is -0.368 e. The van der Waals surface area contributed by atoms with Crippen molar-refractivity contribution in [3.8, 4) is 0 Å². The molecule has 25 heavy (non-hydrogen) atoms. The van der Waals surface area contributed by atoms with Crippen molar-refractivity contribution in [2.75, 3.05) is 18.5 Å². The standard InChI is InChI=1S/C16H17BrN4O3S/c17-11-4-1-3-10(9-11)14(22)18-7-6-13-20-21-16(25-13)19-15(23)12-5-2-8-24-12/h1,3-4,9,12H,2,5-8H2,(H,18,22)(H,19,21,23). The maximum absolute atomic E-state index is 12.0. The number of ether oxygens (including phenoxy) is 1. The Morgan fingerprint density at radius 2 is 2.24 bits per heavy atom. The van der Waals surface area contributed by atoms with Crippen LogP contribution in [0.5, 0.6) is 0 Å². The first-order valence-corrected chi connectivity index (χ1v) is 9.51. The fraction of sp³-hybridized carbons (Fsp3) is 0.375. The van der Waals surface area contributed by atoms with E-state index in [0.29, 0.717) is 30.3 Å². The van der Waals surface area contributed by atoms with Crippen LogP contribution in [0.25, 0.3) is 0 Å². The SMILES string of the molecule is O=C(NCCc1nnc(NC(=O)C2CCCO2)s1)c1cccc(Br)c1. The highest BCUT2D eigenvalue weighted by molar-refractivity contribution is 9.10. The molecule has 2 N–H and O–H groups in total. The van der Waals surface area contributed by atoms with Gasteiger partial charge in [0.25, 0.3) is 11.8 Å². The fourth-order valence-electron chi connectivity index (χ4n) is 2.39. The number of amides is 2. The van der Waals surface area contributed by atoms with E-state index in [0.717, 1.165) is 22.3 Å². The highest BCUT2D eigenvalue weighted by Crippen LogP contribution is 2.18. The lowest BCUT2D eigenvalue weighted by molar-refractivity contribution is -0.124. The minimum absolute atomic E-state index is 0.141. The van der Waals surface area contributed by atoms with E-state index >= 15 is 0 Å². The van der Waals surface area contributed by atoms with Gasteiger partial charge < -0.3 is 10.1 Å². The first kappa shape index (κ1) is 18.0. The Labute approximate surface area is 157 Å². The van der Waals surface area contributed by atoms with Crippen molar-refractivity contribution in [1.82, 2.24) is 15.5 Å². The summed E-state index contributed by atoms with van der Waals surface area (Å²) in [7, 11) is 0. The number of halogens is 1. The first-order chi connectivity index (χ1) is 12.1. The largest absolute Gasteiger partial charge is 0.368 e. The van der Waals surface area contributed by atoms with Crippen LogP contribution >= 0.6 is 27.3 Å². The van der Waals surface area contributed by atoms with Crippen LogP contribution in [0, 0.1) is 0 Å². The van der Waals surface area contributed by atoms with E-state index in [9.17, 15) is 9.59 Å². The Balaban J connectivity index is 1.45. The molecule has 0 bridgehead atoms. The molecule has 1 atom stereocenters. The molecule has 2 heterocycles. The molecule has 1 fully saturated rings. The number of rotatable bonds is 6. The van der Waals surface area contributed by atoms with E-state index in [1.54, 1.807) is 12.1 Å². The molecule has 1 unspecified atom stereocenters. The van der Waals surface area contributed by atoms with Gasteiger partial charge in [0.15, 0.2) is 0 Å². The van der Waals surface area contributed by atoms with Crippen molar-refractivity contribution >= 4 is 44.2 Å². The van der Waals surface area contributed by atoms with E-state index in [1.165, 1.54) is 11.3 Å². The van der Waals surface area contributed by atoms with E-state index < -0.39 is 6.10 Å². The van der Waals surface area contributed by atoms with E-state index in [1.807, 2.05) is 12.1 Å². The van der Waals surface area contributed by atoms with Gasteiger partial charge in [-0.1, -0.05) is 33.3 Å². The molecule has 1 aliphatic rings. The van der Waals surface area contributed by atoms with E-state index in [-0.39, 0.29) is 11.8 Å². The van der Waals surface area contributed by atoms with Crippen LogP contribution < -0.4 is 10.6 Å². The third-order valence-corrected chi connectivity index (χ3v) is 5.02. The van der Waals surface area contributed by atoms with Crippen LogP contribution in [-0.4, -0.2) is 41.3 Å². The third kappa shape index (κ3) is 5.07. The number of benzene rings is 1. The molecule has 7 nitrogen and oxygen atoms in total. The smallest absolute Gasteiger partial charge is 0.255 e. The maximum atomic E-state index is 12.0. The van der Waals surface area contributed by atoms with Gasteiger partial charge in [0.2, 0.25) is 5.13 Å². The van der Waals surface area contributed by atoms with Gasteiger partial charge >= 0.3 is 0 Å². The lowest BCUT2D eigenvalue weighted by atomic mass is 10.2. The molecule has 1 aromatic heterocycles. The van der Waals surface area contributed by atoms with Crippen LogP contribution in [0.4, 0.5) is 5.13 Å². The zero-order valence-corrected chi connectivity index (χ0v) is 15.7. The van der Waals surface area contributed by atoms with Crippen LogP contribution in [0.2, 0.25) is 0 Å². The summed E-state index contributed by atoms with van der Waals surface area (Å²) in [6.45, 7) is 1.07. The van der Waals surface area contributed by atoms with E-state index in [2.05, 4.69) is 36.8 Å². The van der Waals surface area contributed by atoms with E-state index in [4.69, 9.17) is 4.74 Å². The van der Waals surface area contributed by atoms with Crippen LogP contribution in [0.15, 0.2) is 28.7 Å². The zero-order chi connectivity index (χ0) is 17.6. The van der Waals surface area contributed by atoms with Crippen LogP contribution in [-0.2, 0) is 16.0 Å². The summed E-state index contributed by atoms with van der Waals surface area (Å²) in [4.78, 5) is 24.0. The second-order valence-corrected chi connectivity index (χ2v) is 7.49. The molecule has 9 heteroatoms. The number of nitrogens with zero attached hydrogens (tertiary/aromatic N) is 2. The highest BCUT2D eigenvalue weighted by Gasteiger charge is 2.24. The van der Waals surface area contributed by atoms with Crippen molar-refractivity contribution in [2.45, 2.75) is 25.4 Å². The number of aromatic nitrogens is 2. The van der Waals surface area contributed by atoms with Crippen molar-refractivity contribution in [3.05, 3.63) is 39.3 Å². The first-order valence-electron chi connectivity index (χ1n) is 7.90. The predicted octanol–water partition coefficient (Wildman–Crippen LogP) is 2.39. The van der Waals surface area contributed by atoms with Crippen molar-refractivity contribution in [3.63, 3.8) is 0 Å². The Kier molecular flexibility index (Phi) is 6.11. The van der Waals surface area contributed by atoms with Gasteiger partial charge in [0.05, 0.1) is 0 Å². The minimum atomic E-state index is -0.392. The van der Waals surface area contributed by atoms with Gasteiger partial charge in [-0.3, -0.25) is 14.9 Å². The third-order valence-electron chi connectivity index (χ3n) is 3.63. The number of carbonyl (C=O) groups excluding carboxylic acids is 2. The summed E-state index contributed by atoms with van der Waals surface area (Å²) in [5, 5.41) is 14.8. The lowest BCUT2D eigenvalue weighted by Crippen LogP contribution is -2.26. The van der Waals surface area contributed by atoms with Crippen molar-refractivity contribution < 1.29 is 14.3 Å². The van der Waals surface area contributed by atoms with Gasteiger partial charge in [-0.25, -0.2) is 0 Å². The van der Waals surface area contributed by atoms with Gasteiger partial charge in [-0.15, -0.1) is 10.2 Å². The Hall–Kier alpha value is -1.84. The summed E-state index contributed by atoms with van der Waals surface area (Å²) in [6.07, 6.45) is 1.79. The quantitative estimate of drug-likeness (QED) is 0.742. The van der Waals surface area contributed by atoms with Gasteiger partial charge in [-0.2, -0.15) is 0 Å². The van der Waals surface area contributed by atoms with Crippen molar-refractivity contribution in [1.29, 1.82) is 0 Å². The Morgan fingerprint density at radius 3 is 3.00 bits per heavy atom. The number of nitrogens with one attached hydrogen (secondary N) is 2. The Bertz CT molecular complexity index is 761. The summed E-state index contributed by atoms with van der Waals surface area (Å²) >= 11 is 4.64. The molecule has 3 rings (SSSR count). The molecular weight excluding hydrogens is 408 g/mol. The number of hydrogen-bond acceptors (Lipinski definition) is 6. The van der Waals surface area contributed by atoms with Gasteiger partial charge in [0.1, 0.15) is 11.1 Å². The summed E-state index contributed by atoms with van der Waals surface area (Å²) < 4.78 is 6.19. The molecule has 2 amide bonds. The summed E-state index contributed by atoms with van der Waals surface area (Å²) in [6, 6.07) is 7.19. The summed E-state index contributed by atoms with van der Waals surface area (Å²) in [5.74, 6) is -0.319.